The average molecular weight is 552 g/mol. The number of nitrogens with zero attached hydrogens (tertiary/aromatic N) is 1. The third-order valence-electron chi connectivity index (χ3n) is 5.04. The van der Waals surface area contributed by atoms with Crippen molar-refractivity contribution in [2.24, 2.45) is 5.73 Å². The third-order valence-corrected chi connectivity index (χ3v) is 5.71. The maximum Gasteiger partial charge on any atom is 0.182 e. The summed E-state index contributed by atoms with van der Waals surface area (Å²) in [6.45, 7) is 0.556. The molecule has 1 saturated heterocycles. The van der Waals surface area contributed by atoms with Gasteiger partial charge in [0.2, 0.25) is 0 Å². The zero-order chi connectivity index (χ0) is 22.8. The summed E-state index contributed by atoms with van der Waals surface area (Å²) in [5, 5.41) is 36.1. The van der Waals surface area contributed by atoms with Crippen molar-refractivity contribution in [2.45, 2.75) is 17.9 Å². The first-order valence-corrected chi connectivity index (χ1v) is 10.6. The molecule has 0 aromatic heterocycles. The monoisotopic (exact) mass is 552 g/mol. The van der Waals surface area contributed by atoms with E-state index < -0.39 is 35.4 Å². The molecule has 1 heterocycles. The molecule has 0 saturated carbocycles. The van der Waals surface area contributed by atoms with Gasteiger partial charge in [-0.05, 0) is 52.9 Å². The van der Waals surface area contributed by atoms with Crippen LogP contribution < -0.4 is 16.4 Å². The summed E-state index contributed by atoms with van der Waals surface area (Å²) in [7, 11) is 0. The van der Waals surface area contributed by atoms with Crippen molar-refractivity contribution in [1.82, 2.24) is 10.2 Å². The lowest BCUT2D eigenvalue weighted by molar-refractivity contribution is -0.160. The molecule has 2 aromatic carbocycles. The molecule has 0 spiro atoms. The van der Waals surface area contributed by atoms with Crippen LogP contribution in [-0.4, -0.2) is 64.6 Å². The van der Waals surface area contributed by atoms with Crippen LogP contribution in [0.5, 0.6) is 0 Å². The summed E-state index contributed by atoms with van der Waals surface area (Å²) in [5.41, 5.74) is 3.71. The molecule has 2 unspecified atom stereocenters. The van der Waals surface area contributed by atoms with E-state index in [-0.39, 0.29) is 49.7 Å². The van der Waals surface area contributed by atoms with Crippen molar-refractivity contribution in [3.63, 3.8) is 0 Å². The Kier molecular flexibility index (Phi) is 7.78. The summed E-state index contributed by atoms with van der Waals surface area (Å²) in [5.74, 6) is -3.05. The number of likely N-dealkylation sites (tertiary alicyclic amines) is 1. The highest BCUT2D eigenvalue weighted by atomic mass is 127. The van der Waals surface area contributed by atoms with E-state index in [0.29, 0.717) is 3.57 Å². The minimum atomic E-state index is -1.36. The van der Waals surface area contributed by atoms with E-state index in [9.17, 15) is 28.5 Å². The predicted octanol–water partition coefficient (Wildman–Crippen LogP) is 1.40. The second-order valence-corrected chi connectivity index (χ2v) is 8.84. The molecule has 11 heteroatoms. The molecule has 0 radical (unpaired) electrons. The van der Waals surface area contributed by atoms with Crippen molar-refractivity contribution < 1.29 is 28.5 Å². The Bertz CT molecular complexity index is 931. The molecule has 3 rings (SSSR count). The Morgan fingerprint density at radius 1 is 1.13 bits per heavy atom. The number of halogens is 4. The van der Waals surface area contributed by atoms with E-state index in [1.807, 2.05) is 22.6 Å². The lowest BCUT2D eigenvalue weighted by atomic mass is 9.92. The Balaban J connectivity index is 1.73. The Morgan fingerprint density at radius 3 is 2.48 bits per heavy atom. The standard InChI is InChI=1S/C20H24F3IN4O3/c21-14-3-2-13(18(17(14)23)27-16-4-1-11(24)5-15(16)22)19(30)28-9-20(31,10-28)8-26-7-12(29)6-25/h1-5,12,19,26-27,29-31H,6-10,25H2. The van der Waals surface area contributed by atoms with Crippen LogP contribution in [0.3, 0.4) is 0 Å². The molecular weight excluding hydrogens is 528 g/mol. The van der Waals surface area contributed by atoms with Crippen LogP contribution in [0.2, 0.25) is 0 Å². The Hall–Kier alpha value is -1.48. The highest BCUT2D eigenvalue weighted by Gasteiger charge is 2.44. The van der Waals surface area contributed by atoms with Crippen LogP contribution in [-0.2, 0) is 0 Å². The van der Waals surface area contributed by atoms with Crippen molar-refractivity contribution in [3.8, 4) is 0 Å². The average Bonchev–Trinajstić information content (AvgIpc) is 2.70. The van der Waals surface area contributed by atoms with Gasteiger partial charge in [0.25, 0.3) is 0 Å². The Morgan fingerprint density at radius 2 is 1.84 bits per heavy atom. The fourth-order valence-corrected chi connectivity index (χ4v) is 3.83. The first-order valence-electron chi connectivity index (χ1n) is 9.57. The molecule has 0 aliphatic carbocycles. The lowest BCUT2D eigenvalue weighted by Gasteiger charge is -2.49. The molecule has 1 aliphatic rings. The second-order valence-electron chi connectivity index (χ2n) is 7.60. The summed E-state index contributed by atoms with van der Waals surface area (Å²) in [4.78, 5) is 1.46. The van der Waals surface area contributed by atoms with Gasteiger partial charge in [-0.2, -0.15) is 0 Å². The van der Waals surface area contributed by atoms with Crippen LogP contribution in [0.15, 0.2) is 30.3 Å². The molecule has 7 nitrogen and oxygen atoms in total. The quantitative estimate of drug-likeness (QED) is 0.261. The van der Waals surface area contributed by atoms with E-state index in [4.69, 9.17) is 5.73 Å². The van der Waals surface area contributed by atoms with Crippen LogP contribution in [0.1, 0.15) is 11.8 Å². The SMILES string of the molecule is NCC(O)CNCC1(O)CN(C(O)c2ccc(F)c(F)c2Nc2ccc(I)cc2F)C1. The van der Waals surface area contributed by atoms with Crippen molar-refractivity contribution >= 4 is 34.0 Å². The number of hydrogen-bond donors (Lipinski definition) is 6. The summed E-state index contributed by atoms with van der Waals surface area (Å²) in [6, 6.07) is 6.32. The third kappa shape index (κ3) is 5.66. The number of β-amino-alcohol motifs (C(OH)–C–C–N with tert-alkyl or cyclic N) is 1. The van der Waals surface area contributed by atoms with Gasteiger partial charge in [0.1, 0.15) is 17.6 Å². The number of anilines is 2. The lowest BCUT2D eigenvalue weighted by Crippen LogP contribution is -2.66. The topological polar surface area (TPSA) is 114 Å². The molecule has 7 N–H and O–H groups in total. The van der Waals surface area contributed by atoms with Gasteiger partial charge in [0, 0.05) is 41.9 Å². The molecule has 0 bridgehead atoms. The summed E-state index contributed by atoms with van der Waals surface area (Å²) in [6.07, 6.45) is -2.10. The van der Waals surface area contributed by atoms with E-state index in [2.05, 4.69) is 10.6 Å². The highest BCUT2D eigenvalue weighted by molar-refractivity contribution is 14.1. The zero-order valence-corrected chi connectivity index (χ0v) is 18.6. The van der Waals surface area contributed by atoms with Crippen molar-refractivity contribution in [1.29, 1.82) is 0 Å². The minimum absolute atomic E-state index is 0.00501. The van der Waals surface area contributed by atoms with E-state index in [1.165, 1.54) is 23.1 Å². The van der Waals surface area contributed by atoms with Crippen LogP contribution >= 0.6 is 22.6 Å². The molecule has 2 atom stereocenters. The number of nitrogens with one attached hydrogen (secondary N) is 2. The second kappa shape index (κ2) is 9.98. The van der Waals surface area contributed by atoms with Gasteiger partial charge < -0.3 is 31.7 Å². The number of rotatable bonds is 9. The fourth-order valence-electron chi connectivity index (χ4n) is 3.38. The largest absolute Gasteiger partial charge is 0.390 e. The van der Waals surface area contributed by atoms with Crippen LogP contribution in [0.25, 0.3) is 0 Å². The van der Waals surface area contributed by atoms with Gasteiger partial charge in [0.15, 0.2) is 11.6 Å². The van der Waals surface area contributed by atoms with Gasteiger partial charge in [-0.3, -0.25) is 4.90 Å². The number of benzene rings is 2. The number of aliphatic hydroxyl groups excluding tert-OH is 2. The number of aliphatic hydroxyl groups is 3. The minimum Gasteiger partial charge on any atom is -0.390 e. The van der Waals surface area contributed by atoms with Gasteiger partial charge in [-0.25, -0.2) is 13.2 Å². The van der Waals surface area contributed by atoms with E-state index in [1.54, 1.807) is 6.07 Å². The van der Waals surface area contributed by atoms with Gasteiger partial charge in [-0.1, -0.05) is 0 Å². The number of nitrogens with two attached hydrogens (primary N) is 1. The highest BCUT2D eigenvalue weighted by Crippen LogP contribution is 2.36. The molecule has 31 heavy (non-hydrogen) atoms. The van der Waals surface area contributed by atoms with E-state index >= 15 is 0 Å². The normalized spacial score (nSPS) is 17.8. The van der Waals surface area contributed by atoms with Crippen molar-refractivity contribution in [3.05, 3.63) is 56.9 Å². The van der Waals surface area contributed by atoms with E-state index in [0.717, 1.165) is 6.07 Å². The molecule has 1 aliphatic heterocycles. The summed E-state index contributed by atoms with van der Waals surface area (Å²) < 4.78 is 43.3. The van der Waals surface area contributed by atoms with Crippen molar-refractivity contribution in [2.75, 3.05) is 38.0 Å². The first kappa shape index (κ1) is 24.2. The molecule has 1 fully saturated rings. The first-order chi connectivity index (χ1) is 14.6. The molecule has 170 valence electrons. The fraction of sp³-hybridized carbons (Fsp3) is 0.400. The van der Waals surface area contributed by atoms with Gasteiger partial charge >= 0.3 is 0 Å². The smallest absolute Gasteiger partial charge is 0.182 e. The Labute approximate surface area is 191 Å². The van der Waals surface area contributed by atoms with Gasteiger partial charge in [-0.15, -0.1) is 0 Å². The maximum absolute atomic E-state index is 14.5. The predicted molar refractivity (Wildman–Crippen MR) is 118 cm³/mol. The van der Waals surface area contributed by atoms with Gasteiger partial charge in [0.05, 0.1) is 17.5 Å². The number of hydrogen-bond acceptors (Lipinski definition) is 7. The zero-order valence-electron chi connectivity index (χ0n) is 16.5. The molecule has 2 aromatic rings. The maximum atomic E-state index is 14.5. The van der Waals surface area contributed by atoms with Crippen LogP contribution in [0, 0.1) is 21.0 Å². The molecule has 0 amide bonds. The summed E-state index contributed by atoms with van der Waals surface area (Å²) >= 11 is 1.92. The van der Waals surface area contributed by atoms with Crippen LogP contribution in [0.4, 0.5) is 24.5 Å². The molecular formula is C20H24F3IN4O3.